The Labute approximate surface area is 149 Å². The number of sulfonamides is 1. The van der Waals surface area contributed by atoms with Gasteiger partial charge in [-0.1, -0.05) is 5.16 Å². The van der Waals surface area contributed by atoms with E-state index in [1.165, 1.54) is 11.3 Å². The first-order valence-corrected chi connectivity index (χ1v) is 10.2. The van der Waals surface area contributed by atoms with E-state index < -0.39 is 10.0 Å². The number of hydrogen-bond donors (Lipinski definition) is 1. The zero-order valence-corrected chi connectivity index (χ0v) is 15.8. The number of carbonyl (C=O) groups excluding carboxylic acids is 1. The number of thiazole rings is 1. The van der Waals surface area contributed by atoms with Gasteiger partial charge in [-0.25, -0.2) is 13.4 Å². The minimum atomic E-state index is -3.82. The van der Waals surface area contributed by atoms with Gasteiger partial charge in [0.1, 0.15) is 5.69 Å². The number of hydrogen-bond acceptors (Lipinski definition) is 8. The number of ether oxygens (including phenoxy) is 1. The van der Waals surface area contributed by atoms with Crippen molar-refractivity contribution in [3.8, 4) is 0 Å². The Bertz CT molecular complexity index is 881. The van der Waals surface area contributed by atoms with Gasteiger partial charge in [0.05, 0.1) is 18.2 Å². The molecule has 2 aromatic rings. The van der Waals surface area contributed by atoms with E-state index in [2.05, 4.69) is 14.9 Å². The zero-order valence-electron chi connectivity index (χ0n) is 14.2. The molecule has 136 valence electrons. The highest BCUT2D eigenvalue weighted by Gasteiger charge is 2.30. The molecule has 0 spiro atoms. The third kappa shape index (κ3) is 3.54. The highest BCUT2D eigenvalue weighted by atomic mass is 32.2. The number of nitrogens with zero attached hydrogens (tertiary/aromatic N) is 2. The number of fused-ring (bicyclic) bond motifs is 1. The lowest BCUT2D eigenvalue weighted by atomic mass is 9.91. The van der Waals surface area contributed by atoms with Gasteiger partial charge in [-0.05, 0) is 40.0 Å². The van der Waals surface area contributed by atoms with E-state index in [0.717, 1.165) is 10.6 Å². The Morgan fingerprint density at radius 2 is 2.20 bits per heavy atom. The topological polar surface area (TPSA) is 111 Å². The van der Waals surface area contributed by atoms with Gasteiger partial charge in [0, 0.05) is 4.88 Å². The number of rotatable bonds is 5. The maximum Gasteiger partial charge on any atom is 0.309 e. The lowest BCUT2D eigenvalue weighted by Crippen LogP contribution is -2.24. The standard InChI is InChI=1S/C15H19N3O5S2/c1-4-22-14(19)10-5-6-11-12(7-10)24-15(16-11)18-25(20,21)13-8(2)17-23-9(13)3/h10H,4-7H2,1-3H3,(H,16,18). The predicted molar refractivity (Wildman–Crippen MR) is 91.0 cm³/mol. The minimum absolute atomic E-state index is 0.0325. The second kappa shape index (κ2) is 6.75. The highest BCUT2D eigenvalue weighted by molar-refractivity contribution is 7.93. The molecule has 2 aromatic heterocycles. The van der Waals surface area contributed by atoms with Crippen molar-refractivity contribution in [3.05, 3.63) is 22.0 Å². The van der Waals surface area contributed by atoms with E-state index in [0.29, 0.717) is 31.6 Å². The van der Waals surface area contributed by atoms with Gasteiger partial charge >= 0.3 is 5.97 Å². The highest BCUT2D eigenvalue weighted by Crippen LogP contribution is 2.34. The first-order valence-electron chi connectivity index (χ1n) is 7.92. The van der Waals surface area contributed by atoms with Gasteiger partial charge in [-0.3, -0.25) is 9.52 Å². The molecule has 8 nitrogen and oxygen atoms in total. The van der Waals surface area contributed by atoms with Crippen LogP contribution in [0.2, 0.25) is 0 Å². The first kappa shape index (κ1) is 17.9. The van der Waals surface area contributed by atoms with Gasteiger partial charge in [0.2, 0.25) is 0 Å². The third-order valence-corrected chi connectivity index (χ3v) is 6.76. The van der Waals surface area contributed by atoms with Crippen LogP contribution < -0.4 is 4.72 Å². The van der Waals surface area contributed by atoms with Crippen molar-refractivity contribution in [1.29, 1.82) is 0 Å². The van der Waals surface area contributed by atoms with Crippen LogP contribution in [0.25, 0.3) is 0 Å². The van der Waals surface area contributed by atoms with Crippen molar-refractivity contribution in [2.24, 2.45) is 5.92 Å². The summed E-state index contributed by atoms with van der Waals surface area (Å²) in [5.41, 5.74) is 1.13. The second-order valence-corrected chi connectivity index (χ2v) is 8.54. The number of aromatic nitrogens is 2. The van der Waals surface area contributed by atoms with Crippen LogP contribution in [0.4, 0.5) is 5.13 Å². The Morgan fingerprint density at radius 1 is 1.44 bits per heavy atom. The molecule has 0 aliphatic heterocycles. The molecular weight excluding hydrogens is 366 g/mol. The summed E-state index contributed by atoms with van der Waals surface area (Å²) in [4.78, 5) is 17.2. The molecule has 3 rings (SSSR count). The van der Waals surface area contributed by atoms with Gasteiger partial charge in [-0.15, -0.1) is 11.3 Å². The first-order chi connectivity index (χ1) is 11.8. The molecule has 1 unspecified atom stereocenters. The Kier molecular flexibility index (Phi) is 4.83. The molecular formula is C15H19N3O5S2. The summed E-state index contributed by atoms with van der Waals surface area (Å²) < 4.78 is 37.6. The average Bonchev–Trinajstić information content (AvgIpc) is 3.08. The van der Waals surface area contributed by atoms with Crippen LogP contribution in [0.15, 0.2) is 9.42 Å². The Balaban J connectivity index is 1.80. The molecule has 0 amide bonds. The quantitative estimate of drug-likeness (QED) is 0.785. The van der Waals surface area contributed by atoms with Crippen LogP contribution in [0.1, 0.15) is 35.4 Å². The summed E-state index contributed by atoms with van der Waals surface area (Å²) >= 11 is 1.25. The second-order valence-electron chi connectivity index (χ2n) is 5.84. The molecule has 0 fully saturated rings. The zero-order chi connectivity index (χ0) is 18.2. The molecule has 1 N–H and O–H groups in total. The molecule has 1 aliphatic carbocycles. The van der Waals surface area contributed by atoms with E-state index in [1.807, 2.05) is 0 Å². The van der Waals surface area contributed by atoms with Crippen molar-refractivity contribution in [2.75, 3.05) is 11.3 Å². The lowest BCUT2D eigenvalue weighted by Gasteiger charge is -2.18. The molecule has 25 heavy (non-hydrogen) atoms. The molecule has 0 saturated heterocycles. The van der Waals surface area contributed by atoms with E-state index in [9.17, 15) is 13.2 Å². The smallest absolute Gasteiger partial charge is 0.309 e. The maximum absolute atomic E-state index is 12.6. The van der Waals surface area contributed by atoms with Crippen molar-refractivity contribution in [1.82, 2.24) is 10.1 Å². The van der Waals surface area contributed by atoms with Crippen LogP contribution in [-0.4, -0.2) is 31.1 Å². The third-order valence-electron chi connectivity index (χ3n) is 4.02. The monoisotopic (exact) mass is 385 g/mol. The molecule has 1 aliphatic rings. The summed E-state index contributed by atoms with van der Waals surface area (Å²) in [6, 6.07) is 0. The molecule has 0 radical (unpaired) electrons. The van der Waals surface area contributed by atoms with E-state index in [4.69, 9.17) is 9.26 Å². The summed E-state index contributed by atoms with van der Waals surface area (Å²) in [5, 5.41) is 3.96. The van der Waals surface area contributed by atoms with Gasteiger partial charge in [0.15, 0.2) is 15.8 Å². The number of nitrogens with one attached hydrogen (secondary N) is 1. The Hall–Kier alpha value is -1.94. The number of esters is 1. The lowest BCUT2D eigenvalue weighted by molar-refractivity contribution is -0.148. The van der Waals surface area contributed by atoms with Gasteiger partial charge in [0.25, 0.3) is 10.0 Å². The van der Waals surface area contributed by atoms with Crippen molar-refractivity contribution >= 4 is 32.5 Å². The fourth-order valence-electron chi connectivity index (χ4n) is 2.90. The fourth-order valence-corrected chi connectivity index (χ4v) is 5.56. The Morgan fingerprint density at radius 3 is 2.84 bits per heavy atom. The number of aryl methyl sites for hydroxylation is 3. The molecule has 1 atom stereocenters. The van der Waals surface area contributed by atoms with Crippen LogP contribution in [0.3, 0.4) is 0 Å². The molecule has 10 heteroatoms. The van der Waals surface area contributed by atoms with Crippen molar-refractivity contribution in [3.63, 3.8) is 0 Å². The molecule has 0 aromatic carbocycles. The van der Waals surface area contributed by atoms with E-state index >= 15 is 0 Å². The van der Waals surface area contributed by atoms with Crippen LogP contribution in [-0.2, 0) is 32.4 Å². The molecule has 0 bridgehead atoms. The van der Waals surface area contributed by atoms with E-state index in [1.54, 1.807) is 20.8 Å². The molecule has 0 saturated carbocycles. The van der Waals surface area contributed by atoms with Gasteiger partial charge in [-0.2, -0.15) is 0 Å². The predicted octanol–water partition coefficient (Wildman–Crippen LogP) is 2.22. The van der Waals surface area contributed by atoms with E-state index in [-0.39, 0.29) is 27.7 Å². The average molecular weight is 385 g/mol. The summed E-state index contributed by atoms with van der Waals surface area (Å²) in [5.74, 6) is -0.173. The summed E-state index contributed by atoms with van der Waals surface area (Å²) in [6.45, 7) is 5.25. The summed E-state index contributed by atoms with van der Waals surface area (Å²) in [7, 11) is -3.82. The maximum atomic E-state index is 12.6. The number of anilines is 1. The largest absolute Gasteiger partial charge is 0.466 e. The van der Waals surface area contributed by atoms with Crippen molar-refractivity contribution < 1.29 is 22.5 Å². The van der Waals surface area contributed by atoms with Gasteiger partial charge < -0.3 is 9.26 Å². The van der Waals surface area contributed by atoms with Crippen LogP contribution in [0, 0.1) is 19.8 Å². The van der Waals surface area contributed by atoms with Crippen LogP contribution >= 0.6 is 11.3 Å². The van der Waals surface area contributed by atoms with Crippen molar-refractivity contribution in [2.45, 2.75) is 44.9 Å². The summed E-state index contributed by atoms with van der Waals surface area (Å²) in [6.07, 6.45) is 1.81. The number of carbonyl (C=O) groups is 1. The normalized spacial score (nSPS) is 17.2. The fraction of sp³-hybridized carbons (Fsp3) is 0.533. The molecule has 2 heterocycles. The minimum Gasteiger partial charge on any atom is -0.466 e. The van der Waals surface area contributed by atoms with Crippen LogP contribution in [0.5, 0.6) is 0 Å². The SMILES string of the molecule is CCOC(=O)C1CCc2nc(NS(=O)(=O)c3c(C)noc3C)sc2C1.